The smallest absolute Gasteiger partial charge is 0.311 e. The van der Waals surface area contributed by atoms with Crippen molar-refractivity contribution >= 4 is 35.0 Å². The van der Waals surface area contributed by atoms with Crippen LogP contribution in [0.25, 0.3) is 0 Å². The van der Waals surface area contributed by atoms with Crippen molar-refractivity contribution in [1.82, 2.24) is 4.90 Å². The van der Waals surface area contributed by atoms with E-state index in [9.17, 15) is 14.4 Å². The number of ketones is 1. The van der Waals surface area contributed by atoms with Crippen LogP contribution in [0.1, 0.15) is 81.6 Å². The van der Waals surface area contributed by atoms with Gasteiger partial charge in [-0.3, -0.25) is 14.4 Å². The van der Waals surface area contributed by atoms with Crippen molar-refractivity contribution in [2.45, 2.75) is 142 Å². The Bertz CT molecular complexity index is 1530. The fourth-order valence-corrected chi connectivity index (χ4v) is 8.99. The number of likely N-dealkylation sites (N-methyl/N-ethyl adjacent to an activating group) is 1. The van der Waals surface area contributed by atoms with Gasteiger partial charge in [0.15, 0.2) is 29.5 Å². The second-order valence-corrected chi connectivity index (χ2v) is 16.7. The standard InChI is InChI=1S/C40H59ClN2O11/c1-12-31-40(9)35(45)23(4)32(53-40)21(2)18-39(8)36(52-38-34(50-26(7)44)30(43(10)11)17-22(3)49-38)24(5)33(25(6)37(46)51-31)47-19-28(20-48-39)42-54-29-15-13-27(41)14-16-29/h13-16,21-25,30-34,36,38H,12,17-20H2,1-11H3/b42-28+/t21-,22-,23?,24-,25-,30+,31-,32?,33+,34-,36-,38+,39-,40?/m1/s1. The minimum atomic E-state index is -1.33. The molecule has 4 aliphatic heterocycles. The third-order valence-electron chi connectivity index (χ3n) is 11.7. The molecule has 13 nitrogen and oxygen atoms in total. The van der Waals surface area contributed by atoms with Crippen molar-refractivity contribution in [3.8, 4) is 5.75 Å². The van der Waals surface area contributed by atoms with Crippen molar-refractivity contribution in [3.63, 3.8) is 0 Å². The van der Waals surface area contributed by atoms with Crippen molar-refractivity contribution in [3.05, 3.63) is 29.3 Å². The molecule has 0 radical (unpaired) electrons. The number of carbonyl (C=O) groups is 3. The number of ether oxygens (including phenoxy) is 7. The summed E-state index contributed by atoms with van der Waals surface area (Å²) in [6.07, 6.45) is -3.56. The van der Waals surface area contributed by atoms with Gasteiger partial charge in [-0.15, -0.1) is 0 Å². The van der Waals surface area contributed by atoms with E-state index in [-0.39, 0.29) is 37.1 Å². The van der Waals surface area contributed by atoms with E-state index in [0.717, 1.165) is 0 Å². The number of hydrogen-bond acceptors (Lipinski definition) is 13. The zero-order valence-electron chi connectivity index (χ0n) is 33.5. The van der Waals surface area contributed by atoms with E-state index < -0.39 is 77.7 Å². The van der Waals surface area contributed by atoms with E-state index in [1.807, 2.05) is 60.5 Å². The maximum Gasteiger partial charge on any atom is 0.311 e. The van der Waals surface area contributed by atoms with Gasteiger partial charge in [-0.1, -0.05) is 44.5 Å². The number of hydrogen-bond donors (Lipinski definition) is 0. The van der Waals surface area contributed by atoms with Gasteiger partial charge >= 0.3 is 11.9 Å². The minimum Gasteiger partial charge on any atom is -0.459 e. The predicted molar refractivity (Wildman–Crippen MR) is 200 cm³/mol. The van der Waals surface area contributed by atoms with E-state index in [1.165, 1.54) is 6.92 Å². The molecule has 0 amide bonds. The summed E-state index contributed by atoms with van der Waals surface area (Å²) in [5.74, 6) is -2.72. The summed E-state index contributed by atoms with van der Waals surface area (Å²) >= 11 is 6.08. The van der Waals surface area contributed by atoms with Crippen molar-refractivity contribution in [2.24, 2.45) is 28.8 Å². The zero-order valence-corrected chi connectivity index (χ0v) is 34.3. The van der Waals surface area contributed by atoms with Crippen LogP contribution in [0, 0.1) is 23.7 Å². The highest BCUT2D eigenvalue weighted by Gasteiger charge is 2.59. The second kappa shape index (κ2) is 17.2. The number of fused-ring (bicyclic) bond motifs is 5. The van der Waals surface area contributed by atoms with Crippen molar-refractivity contribution in [2.75, 3.05) is 27.3 Å². The van der Waals surface area contributed by atoms with Crippen LogP contribution in [-0.2, 0) is 47.5 Å². The summed E-state index contributed by atoms with van der Waals surface area (Å²) in [6, 6.07) is 6.60. The van der Waals surface area contributed by atoms with Gasteiger partial charge in [0.25, 0.3) is 0 Å². The Morgan fingerprint density at radius 2 is 1.70 bits per heavy atom. The highest BCUT2D eigenvalue weighted by molar-refractivity contribution is 6.30. The summed E-state index contributed by atoms with van der Waals surface area (Å²) in [6.45, 7) is 16.5. The molecule has 4 heterocycles. The van der Waals surface area contributed by atoms with Crippen LogP contribution in [0.5, 0.6) is 5.75 Å². The minimum absolute atomic E-state index is 0.0137. The van der Waals surface area contributed by atoms with Gasteiger partial charge < -0.3 is 42.9 Å². The lowest BCUT2D eigenvalue weighted by Crippen LogP contribution is -2.60. The van der Waals surface area contributed by atoms with Crippen molar-refractivity contribution < 1.29 is 52.4 Å². The molecule has 4 saturated heterocycles. The van der Waals surface area contributed by atoms with Crippen LogP contribution >= 0.6 is 11.6 Å². The summed E-state index contributed by atoms with van der Waals surface area (Å²) in [4.78, 5) is 48.5. The van der Waals surface area contributed by atoms with Crippen LogP contribution in [0.15, 0.2) is 29.4 Å². The first kappa shape index (κ1) is 42.5. The Hall–Kier alpha value is -2.65. The van der Waals surface area contributed by atoms with Crippen LogP contribution < -0.4 is 4.84 Å². The monoisotopic (exact) mass is 778 g/mol. The number of rotatable bonds is 7. The molecule has 0 aliphatic carbocycles. The number of benzene rings is 1. The van der Waals surface area contributed by atoms with Gasteiger partial charge in [0.2, 0.25) is 0 Å². The average Bonchev–Trinajstić information content (AvgIpc) is 3.37. The third kappa shape index (κ3) is 8.98. The van der Waals surface area contributed by atoms with Gasteiger partial charge in [-0.25, -0.2) is 0 Å². The van der Waals surface area contributed by atoms with Gasteiger partial charge in [0.05, 0.1) is 55.2 Å². The van der Waals surface area contributed by atoms with E-state index in [0.29, 0.717) is 35.7 Å². The van der Waals surface area contributed by atoms with Gasteiger partial charge in [0.1, 0.15) is 11.8 Å². The molecule has 1 aromatic rings. The van der Waals surface area contributed by atoms with E-state index in [2.05, 4.69) is 5.16 Å². The summed E-state index contributed by atoms with van der Waals surface area (Å²) in [5, 5.41) is 4.99. The number of oxime groups is 1. The summed E-state index contributed by atoms with van der Waals surface area (Å²) < 4.78 is 45.9. The number of Topliss-reactive ketones (excluding diaryl/α,β-unsaturated/α-hetero) is 1. The van der Waals surface area contributed by atoms with E-state index >= 15 is 0 Å². The SMILES string of the molecule is CC[C@H]1OC(=O)[C@H](C)[C@H]2OC/C(=N\Oc3ccc(Cl)cc3)CO[C@](C)(C[C@@H](C)C3OC1(C)C(=O)C3C)[C@H](O[C@@H]1O[C@H](C)C[C@H](N(C)C)[C@H]1OC(C)=O)[C@@H]2C. The Labute approximate surface area is 324 Å². The van der Waals surface area contributed by atoms with Crippen molar-refractivity contribution in [1.29, 1.82) is 0 Å². The largest absolute Gasteiger partial charge is 0.459 e. The van der Waals surface area contributed by atoms with Crippen LogP contribution in [-0.4, -0.2) is 116 Å². The molecule has 0 aromatic heterocycles. The van der Waals surface area contributed by atoms with E-state index in [1.54, 1.807) is 38.1 Å². The molecular formula is C40H59ClN2O11. The highest BCUT2D eigenvalue weighted by atomic mass is 35.5. The highest BCUT2D eigenvalue weighted by Crippen LogP contribution is 2.45. The van der Waals surface area contributed by atoms with Gasteiger partial charge in [0, 0.05) is 23.8 Å². The maximum absolute atomic E-state index is 14.2. The lowest BCUT2D eigenvalue weighted by atomic mass is 9.75. The predicted octanol–water partition coefficient (Wildman–Crippen LogP) is 5.63. The summed E-state index contributed by atoms with van der Waals surface area (Å²) in [5.41, 5.74) is -2.02. The maximum atomic E-state index is 14.2. The molecular weight excluding hydrogens is 720 g/mol. The summed E-state index contributed by atoms with van der Waals surface area (Å²) in [7, 11) is 3.86. The number of esters is 2. The van der Waals surface area contributed by atoms with Crippen LogP contribution in [0.2, 0.25) is 5.02 Å². The van der Waals surface area contributed by atoms with Crippen LogP contribution in [0.4, 0.5) is 0 Å². The first-order valence-corrected chi connectivity index (χ1v) is 19.6. The molecule has 14 atom stereocenters. The molecule has 14 heteroatoms. The quantitative estimate of drug-likeness (QED) is 0.251. The number of cyclic esters (lactones) is 1. The first-order valence-electron chi connectivity index (χ1n) is 19.2. The number of nitrogens with zero attached hydrogens (tertiary/aromatic N) is 2. The topological polar surface area (TPSA) is 141 Å². The lowest BCUT2D eigenvalue weighted by molar-refractivity contribution is -0.305. The number of carbonyl (C=O) groups excluding carboxylic acids is 3. The molecule has 4 bridgehead atoms. The molecule has 302 valence electrons. The molecule has 0 N–H and O–H groups in total. The van der Waals surface area contributed by atoms with Gasteiger partial charge in [-0.05, 0) is 91.2 Å². The Morgan fingerprint density at radius 3 is 2.33 bits per heavy atom. The number of halogens is 1. The molecule has 0 spiro atoms. The molecule has 54 heavy (non-hydrogen) atoms. The first-order chi connectivity index (χ1) is 25.4. The van der Waals surface area contributed by atoms with Crippen LogP contribution in [0.3, 0.4) is 0 Å². The molecule has 1 aromatic carbocycles. The molecule has 0 saturated carbocycles. The lowest BCUT2D eigenvalue weighted by Gasteiger charge is -2.48. The average molecular weight is 779 g/mol. The Morgan fingerprint density at radius 1 is 1.02 bits per heavy atom. The Balaban J connectivity index is 1.63. The fraction of sp³-hybridized carbons (Fsp3) is 0.750. The van der Waals surface area contributed by atoms with E-state index in [4.69, 9.17) is 49.6 Å². The third-order valence-corrected chi connectivity index (χ3v) is 12.0. The normalized spacial score (nSPS) is 41.5. The Kier molecular flexibility index (Phi) is 13.6. The molecule has 4 aliphatic rings. The second-order valence-electron chi connectivity index (χ2n) is 16.3. The molecule has 4 fully saturated rings. The molecule has 3 unspecified atom stereocenters. The molecule has 5 rings (SSSR count). The van der Waals surface area contributed by atoms with Gasteiger partial charge in [-0.2, -0.15) is 0 Å². The fourth-order valence-electron chi connectivity index (χ4n) is 8.86. The zero-order chi connectivity index (χ0) is 39.7.